The average Bonchev–Trinajstić information content (AvgIpc) is 3.44. The number of nitrogens with two attached hydrogens (primary N) is 1. The molecule has 1 aliphatic heterocycles. The zero-order valence-electron chi connectivity index (χ0n) is 33.1. The minimum atomic E-state index is -0.290. The third-order valence-corrected chi connectivity index (χ3v) is 8.31. The van der Waals surface area contributed by atoms with E-state index in [0.29, 0.717) is 16.7 Å². The fourth-order valence-corrected chi connectivity index (χ4v) is 5.28. The molecule has 8 rings (SSSR count). The van der Waals surface area contributed by atoms with Crippen LogP contribution in [-0.4, -0.2) is 23.8 Å². The second-order valence-corrected chi connectivity index (χ2v) is 12.7. The van der Waals surface area contributed by atoms with Crippen LogP contribution < -0.4 is 5.73 Å². The second-order valence-electron chi connectivity index (χ2n) is 12.7. The van der Waals surface area contributed by atoms with E-state index in [-0.39, 0.29) is 11.8 Å². The van der Waals surface area contributed by atoms with Crippen LogP contribution in [0.5, 0.6) is 0 Å². The minimum Gasteiger partial charge on any atom is -0.399 e. The lowest BCUT2D eigenvalue weighted by molar-refractivity contribution is 0.0693. The molecule has 0 saturated carbocycles. The van der Waals surface area contributed by atoms with Crippen LogP contribution in [0.25, 0.3) is 21.9 Å². The molecule has 4 nitrogen and oxygen atoms in total. The summed E-state index contributed by atoms with van der Waals surface area (Å²) in [7, 11) is 1.46. The second kappa shape index (κ2) is 22.4. The number of imide groups is 1. The molecule has 4 heteroatoms. The number of rotatable bonds is 1. The van der Waals surface area contributed by atoms with Crippen LogP contribution in [0.1, 0.15) is 62.4 Å². The zero-order valence-corrected chi connectivity index (χ0v) is 33.1. The number of anilines is 1. The van der Waals surface area contributed by atoms with E-state index in [2.05, 4.69) is 106 Å². The van der Waals surface area contributed by atoms with E-state index in [1.54, 1.807) is 18.2 Å². The Morgan fingerprint density at radius 2 is 0.873 bits per heavy atom. The number of nitrogens with zero attached hydrogens (tertiary/aromatic N) is 1. The fraction of sp³-hybridized carbons (Fsp3) is 0.137. The molecule has 1 heterocycles. The molecule has 7 aromatic carbocycles. The molecular weight excluding hydrogens is 673 g/mol. The maximum absolute atomic E-state index is 11.5. The molecule has 0 unspecified atom stereocenters. The quantitative estimate of drug-likeness (QED) is 0.104. The predicted molar refractivity (Wildman–Crippen MR) is 234 cm³/mol. The molecule has 0 aliphatic carbocycles. The summed E-state index contributed by atoms with van der Waals surface area (Å²) in [6.45, 7) is 12.4. The summed E-state index contributed by atoms with van der Waals surface area (Å²) in [6, 6.07) is 56.6. The molecule has 55 heavy (non-hydrogen) atoms. The summed E-state index contributed by atoms with van der Waals surface area (Å²) in [5.41, 5.74) is 15.6. The zero-order chi connectivity index (χ0) is 40.2. The molecule has 2 amide bonds. The normalized spacial score (nSPS) is 10.5. The lowest BCUT2D eigenvalue weighted by Gasteiger charge is -2.02. The Morgan fingerprint density at radius 1 is 0.473 bits per heavy atom. The van der Waals surface area contributed by atoms with Gasteiger partial charge < -0.3 is 5.73 Å². The Morgan fingerprint density at radius 3 is 1.31 bits per heavy atom. The first-order valence-corrected chi connectivity index (χ1v) is 18.4. The smallest absolute Gasteiger partial charge is 0.261 e. The highest BCUT2D eigenvalue weighted by Crippen LogP contribution is 2.23. The van der Waals surface area contributed by atoms with Gasteiger partial charge in [0.05, 0.1) is 11.1 Å². The first kappa shape index (κ1) is 42.7. The molecule has 0 fully saturated rings. The summed E-state index contributed by atoms with van der Waals surface area (Å²) in [5.74, 6) is 1.87. The summed E-state index contributed by atoms with van der Waals surface area (Å²) in [5, 5.41) is 2.67. The van der Waals surface area contributed by atoms with E-state index >= 15 is 0 Å². The molecule has 1 aliphatic rings. The number of nitrogen functional groups attached to an aromatic ring is 1. The molecular formula is C51H52N2O2. The lowest BCUT2D eigenvalue weighted by atomic mass is 10.0. The summed E-state index contributed by atoms with van der Waals surface area (Å²) in [6.07, 6.45) is 5.20. The van der Waals surface area contributed by atoms with Gasteiger partial charge in [-0.2, -0.15) is 0 Å². The number of amides is 2. The average molecular weight is 725 g/mol. The number of terminal acetylenes is 1. The van der Waals surface area contributed by atoms with Gasteiger partial charge in [-0.05, 0) is 79.9 Å². The fourth-order valence-electron chi connectivity index (χ4n) is 5.28. The van der Waals surface area contributed by atoms with Crippen molar-refractivity contribution in [2.24, 2.45) is 0 Å². The third kappa shape index (κ3) is 13.7. The molecule has 278 valence electrons. The molecule has 0 aromatic heterocycles. The van der Waals surface area contributed by atoms with Crippen molar-refractivity contribution in [1.29, 1.82) is 0 Å². The van der Waals surface area contributed by atoms with Crippen molar-refractivity contribution in [2.45, 2.75) is 41.5 Å². The van der Waals surface area contributed by atoms with Crippen molar-refractivity contribution in [2.75, 3.05) is 12.8 Å². The number of carbonyl (C=O) groups is 2. The molecule has 2 N–H and O–H groups in total. The van der Waals surface area contributed by atoms with Gasteiger partial charge in [-0.1, -0.05) is 182 Å². The third-order valence-electron chi connectivity index (χ3n) is 8.31. The Labute approximate surface area is 328 Å². The largest absolute Gasteiger partial charge is 0.399 e. The van der Waals surface area contributed by atoms with Crippen molar-refractivity contribution in [1.82, 2.24) is 4.90 Å². The maximum Gasteiger partial charge on any atom is 0.261 e. The van der Waals surface area contributed by atoms with E-state index in [1.165, 1.54) is 51.2 Å². The van der Waals surface area contributed by atoms with Gasteiger partial charge in [0.25, 0.3) is 11.8 Å². The molecule has 0 bridgehead atoms. The Bertz CT molecular complexity index is 2160. The summed E-state index contributed by atoms with van der Waals surface area (Å²) >= 11 is 0. The number of hydrogen-bond donors (Lipinski definition) is 1. The van der Waals surface area contributed by atoms with Crippen LogP contribution in [-0.2, 0) is 0 Å². The van der Waals surface area contributed by atoms with Crippen molar-refractivity contribution < 1.29 is 9.59 Å². The molecule has 0 atom stereocenters. The molecule has 0 spiro atoms. The molecule has 0 radical (unpaired) electrons. The van der Waals surface area contributed by atoms with Gasteiger partial charge in [0.15, 0.2) is 0 Å². The highest BCUT2D eigenvalue weighted by Gasteiger charge is 2.32. The number of carbonyl (C=O) groups excluding carboxylic acids is 2. The van der Waals surface area contributed by atoms with Gasteiger partial charge in [-0.15, -0.1) is 6.42 Å². The first-order valence-electron chi connectivity index (χ1n) is 18.4. The highest BCUT2D eigenvalue weighted by atomic mass is 16.2. The van der Waals surface area contributed by atoms with Crippen molar-refractivity contribution in [3.63, 3.8) is 0 Å². The monoisotopic (exact) mass is 724 g/mol. The van der Waals surface area contributed by atoms with Gasteiger partial charge in [0.1, 0.15) is 0 Å². The van der Waals surface area contributed by atoms with Crippen molar-refractivity contribution >= 4 is 28.3 Å². The first-order chi connectivity index (χ1) is 26.5. The lowest BCUT2D eigenvalue weighted by Crippen LogP contribution is -2.24. The highest BCUT2D eigenvalue weighted by molar-refractivity contribution is 6.21. The maximum atomic E-state index is 11.5. The Kier molecular flexibility index (Phi) is 17.4. The van der Waals surface area contributed by atoms with Crippen LogP contribution in [0.15, 0.2) is 170 Å². The van der Waals surface area contributed by atoms with Gasteiger partial charge in [0.2, 0.25) is 0 Å². The Hall–Kier alpha value is -6.70. The van der Waals surface area contributed by atoms with Crippen molar-refractivity contribution in [3.8, 4) is 23.5 Å². The van der Waals surface area contributed by atoms with E-state index in [0.717, 1.165) is 10.6 Å². The van der Waals surface area contributed by atoms with Crippen LogP contribution in [0.3, 0.4) is 0 Å². The van der Waals surface area contributed by atoms with Gasteiger partial charge in [-0.3, -0.25) is 14.5 Å². The van der Waals surface area contributed by atoms with Gasteiger partial charge in [0, 0.05) is 18.3 Å². The SMILES string of the molecule is C#Cc1ccc2c(c1)C(=O)N(C)C2=O.CC.Cc1ccc(-c2ccc(N)cc2)cc1.Cc1ccc2cc(C)ccc2c1.Cc1ccccc1.c1ccccc1. The predicted octanol–water partition coefficient (Wildman–Crippen LogP) is 12.3. The van der Waals surface area contributed by atoms with Crippen molar-refractivity contribution in [3.05, 3.63) is 209 Å². The van der Waals surface area contributed by atoms with Crippen LogP contribution >= 0.6 is 0 Å². The van der Waals surface area contributed by atoms with Gasteiger partial charge >= 0.3 is 0 Å². The summed E-state index contributed by atoms with van der Waals surface area (Å²) in [4.78, 5) is 24.1. The van der Waals surface area contributed by atoms with Crippen LogP contribution in [0.2, 0.25) is 0 Å². The number of aryl methyl sites for hydroxylation is 4. The molecule has 0 saturated heterocycles. The Balaban J connectivity index is 0.000000188. The van der Waals surface area contributed by atoms with Gasteiger partial charge in [-0.25, -0.2) is 0 Å². The van der Waals surface area contributed by atoms with E-state index in [1.807, 2.05) is 92.7 Å². The number of hydrogen-bond acceptors (Lipinski definition) is 3. The van der Waals surface area contributed by atoms with Crippen LogP contribution in [0, 0.1) is 40.0 Å². The summed E-state index contributed by atoms with van der Waals surface area (Å²) < 4.78 is 0. The van der Waals surface area contributed by atoms with E-state index in [4.69, 9.17) is 12.2 Å². The molecule has 7 aromatic rings. The number of benzene rings is 7. The van der Waals surface area contributed by atoms with E-state index < -0.39 is 0 Å². The number of fused-ring (bicyclic) bond motifs is 2. The topological polar surface area (TPSA) is 63.4 Å². The van der Waals surface area contributed by atoms with Crippen LogP contribution in [0.4, 0.5) is 5.69 Å². The van der Waals surface area contributed by atoms with E-state index in [9.17, 15) is 9.59 Å². The minimum absolute atomic E-state index is 0.270. The standard InChI is InChI=1S/C13H13N.C12H12.C11H7NO2.C7H8.C6H6.C2H6/c1-10-2-4-11(5-3-10)12-6-8-13(14)9-7-12;1-9-3-5-12-8-10(2)4-6-11(12)7-9;1-3-7-4-5-8-9(6-7)11(14)12(2)10(8)13;1-7-5-3-2-4-6-7;1-2-4-6-5-3-1;1-2/h2-9H,14H2,1H3;3-8H,1-2H3;1,4-6H,2H3;2-6H,1H3;1-6H;1-2H3.